The maximum absolute atomic E-state index is 5.88. The number of nitrogens with two attached hydrogens (primary N) is 1. The van der Waals surface area contributed by atoms with Crippen LogP contribution in [0.25, 0.3) is 10.9 Å². The first-order chi connectivity index (χ1) is 11.8. The third-order valence-electron chi connectivity index (χ3n) is 4.21. The highest BCUT2D eigenvalue weighted by atomic mass is 15.0. The van der Waals surface area contributed by atoms with E-state index >= 15 is 0 Å². The fourth-order valence-electron chi connectivity index (χ4n) is 2.79. The molecule has 0 aliphatic carbocycles. The largest absolute Gasteiger partial charge is 0.399 e. The average Bonchev–Trinajstić information content (AvgIpc) is 2.61. The van der Waals surface area contributed by atoms with Crippen molar-refractivity contribution in [2.45, 2.75) is 32.6 Å². The SMILES string of the molecule is CCCCc1ccc(CCNc2ncnc3ccc(N)cc23)cc1. The predicted molar refractivity (Wildman–Crippen MR) is 101 cm³/mol. The van der Waals surface area contributed by atoms with E-state index in [4.69, 9.17) is 5.73 Å². The Balaban J connectivity index is 1.61. The van der Waals surface area contributed by atoms with Crippen LogP contribution in [0.4, 0.5) is 11.5 Å². The van der Waals surface area contributed by atoms with Gasteiger partial charge in [0, 0.05) is 17.6 Å². The first-order valence-electron chi connectivity index (χ1n) is 8.58. The summed E-state index contributed by atoms with van der Waals surface area (Å²) in [6, 6.07) is 14.6. The van der Waals surface area contributed by atoms with Crippen molar-refractivity contribution in [1.82, 2.24) is 9.97 Å². The molecule has 0 fully saturated rings. The summed E-state index contributed by atoms with van der Waals surface area (Å²) in [5.41, 5.74) is 10.3. The zero-order valence-electron chi connectivity index (χ0n) is 14.1. The zero-order valence-corrected chi connectivity index (χ0v) is 14.1. The van der Waals surface area contributed by atoms with Crippen molar-refractivity contribution in [2.24, 2.45) is 0 Å². The molecule has 24 heavy (non-hydrogen) atoms. The molecule has 0 saturated carbocycles. The second-order valence-corrected chi connectivity index (χ2v) is 6.10. The quantitative estimate of drug-likeness (QED) is 0.640. The van der Waals surface area contributed by atoms with Crippen LogP contribution in [-0.2, 0) is 12.8 Å². The number of fused-ring (bicyclic) bond motifs is 1. The average molecular weight is 320 g/mol. The van der Waals surface area contributed by atoms with Gasteiger partial charge < -0.3 is 11.1 Å². The van der Waals surface area contributed by atoms with Gasteiger partial charge in [-0.1, -0.05) is 37.6 Å². The molecule has 0 amide bonds. The van der Waals surface area contributed by atoms with Crippen LogP contribution in [0.15, 0.2) is 48.8 Å². The standard InChI is InChI=1S/C20H24N4/c1-2-3-4-15-5-7-16(8-6-15)11-12-22-20-18-13-17(21)9-10-19(18)23-14-24-20/h5-10,13-14H,2-4,11-12,21H2,1H3,(H,22,23,24). The highest BCUT2D eigenvalue weighted by molar-refractivity contribution is 5.91. The van der Waals surface area contributed by atoms with E-state index < -0.39 is 0 Å². The molecular formula is C20H24N4. The molecule has 3 N–H and O–H groups in total. The third kappa shape index (κ3) is 4.02. The van der Waals surface area contributed by atoms with Crippen LogP contribution < -0.4 is 11.1 Å². The van der Waals surface area contributed by atoms with Crippen molar-refractivity contribution >= 4 is 22.4 Å². The van der Waals surface area contributed by atoms with E-state index in [9.17, 15) is 0 Å². The van der Waals surface area contributed by atoms with Crippen molar-refractivity contribution in [2.75, 3.05) is 17.6 Å². The van der Waals surface area contributed by atoms with Gasteiger partial charge in [0.05, 0.1) is 5.52 Å². The number of benzene rings is 2. The van der Waals surface area contributed by atoms with E-state index in [0.29, 0.717) is 0 Å². The maximum atomic E-state index is 5.88. The molecule has 3 rings (SSSR count). The second-order valence-electron chi connectivity index (χ2n) is 6.10. The molecule has 0 spiro atoms. The number of hydrogen-bond donors (Lipinski definition) is 2. The lowest BCUT2D eigenvalue weighted by molar-refractivity contribution is 0.794. The first kappa shape index (κ1) is 16.2. The molecular weight excluding hydrogens is 296 g/mol. The van der Waals surface area contributed by atoms with Crippen LogP contribution in [0.2, 0.25) is 0 Å². The van der Waals surface area contributed by atoms with Crippen LogP contribution >= 0.6 is 0 Å². The molecule has 124 valence electrons. The van der Waals surface area contributed by atoms with Gasteiger partial charge in [-0.05, 0) is 48.6 Å². The molecule has 1 heterocycles. The summed E-state index contributed by atoms with van der Waals surface area (Å²) >= 11 is 0. The minimum absolute atomic E-state index is 0.725. The van der Waals surface area contributed by atoms with Gasteiger partial charge in [-0.25, -0.2) is 9.97 Å². The van der Waals surface area contributed by atoms with Gasteiger partial charge in [0.25, 0.3) is 0 Å². The van der Waals surface area contributed by atoms with Crippen LogP contribution in [0, 0.1) is 0 Å². The van der Waals surface area contributed by atoms with E-state index in [-0.39, 0.29) is 0 Å². The topological polar surface area (TPSA) is 63.8 Å². The molecule has 0 unspecified atom stereocenters. The molecule has 1 aromatic heterocycles. The fraction of sp³-hybridized carbons (Fsp3) is 0.300. The summed E-state index contributed by atoms with van der Waals surface area (Å²) < 4.78 is 0. The molecule has 0 aliphatic heterocycles. The van der Waals surface area contributed by atoms with Gasteiger partial charge in [-0.3, -0.25) is 0 Å². The third-order valence-corrected chi connectivity index (χ3v) is 4.21. The van der Waals surface area contributed by atoms with E-state index in [2.05, 4.69) is 46.5 Å². The van der Waals surface area contributed by atoms with Crippen molar-refractivity contribution < 1.29 is 0 Å². The van der Waals surface area contributed by atoms with Gasteiger partial charge in [-0.2, -0.15) is 0 Å². The lowest BCUT2D eigenvalue weighted by Gasteiger charge is -2.09. The number of anilines is 2. The van der Waals surface area contributed by atoms with Crippen LogP contribution in [0.3, 0.4) is 0 Å². The van der Waals surface area contributed by atoms with Crippen LogP contribution in [-0.4, -0.2) is 16.5 Å². The molecule has 2 aromatic carbocycles. The maximum Gasteiger partial charge on any atom is 0.137 e. The second kappa shape index (κ2) is 7.77. The van der Waals surface area contributed by atoms with E-state index in [0.717, 1.165) is 35.4 Å². The van der Waals surface area contributed by atoms with Gasteiger partial charge >= 0.3 is 0 Å². The summed E-state index contributed by atoms with van der Waals surface area (Å²) in [6.07, 6.45) is 6.21. The summed E-state index contributed by atoms with van der Waals surface area (Å²) in [6.45, 7) is 3.06. The summed E-state index contributed by atoms with van der Waals surface area (Å²) in [4.78, 5) is 8.63. The van der Waals surface area contributed by atoms with E-state index in [1.165, 1.54) is 30.4 Å². The smallest absolute Gasteiger partial charge is 0.137 e. The van der Waals surface area contributed by atoms with Crippen molar-refractivity contribution in [3.05, 3.63) is 59.9 Å². The zero-order chi connectivity index (χ0) is 16.8. The molecule has 0 saturated heterocycles. The summed E-state index contributed by atoms with van der Waals surface area (Å²) in [5.74, 6) is 0.840. The van der Waals surface area contributed by atoms with Crippen LogP contribution in [0.5, 0.6) is 0 Å². The van der Waals surface area contributed by atoms with Gasteiger partial charge in [-0.15, -0.1) is 0 Å². The number of unbranched alkanes of at least 4 members (excludes halogenated alkanes) is 1. The van der Waals surface area contributed by atoms with Crippen molar-refractivity contribution in [1.29, 1.82) is 0 Å². The predicted octanol–water partition coefficient (Wildman–Crippen LogP) is 4.21. The monoisotopic (exact) mass is 320 g/mol. The van der Waals surface area contributed by atoms with E-state index in [1.807, 2.05) is 18.2 Å². The Morgan fingerprint density at radius 3 is 2.46 bits per heavy atom. The highest BCUT2D eigenvalue weighted by Crippen LogP contribution is 2.21. The highest BCUT2D eigenvalue weighted by Gasteiger charge is 2.04. The molecule has 4 nitrogen and oxygen atoms in total. The van der Waals surface area contributed by atoms with Gasteiger partial charge in [0.2, 0.25) is 0 Å². The molecule has 3 aromatic rings. The summed E-state index contributed by atoms with van der Waals surface area (Å²) in [5, 5.41) is 4.37. The Hall–Kier alpha value is -2.62. The Bertz CT molecular complexity index is 796. The Morgan fingerprint density at radius 2 is 1.71 bits per heavy atom. The van der Waals surface area contributed by atoms with Crippen molar-refractivity contribution in [3.8, 4) is 0 Å². The minimum Gasteiger partial charge on any atom is -0.399 e. The Kier molecular flexibility index (Phi) is 5.26. The van der Waals surface area contributed by atoms with E-state index in [1.54, 1.807) is 6.33 Å². The number of nitrogens with one attached hydrogen (secondary N) is 1. The number of aromatic nitrogens is 2. The van der Waals surface area contributed by atoms with Crippen LogP contribution in [0.1, 0.15) is 30.9 Å². The first-order valence-corrected chi connectivity index (χ1v) is 8.58. The minimum atomic E-state index is 0.725. The molecule has 4 heteroatoms. The summed E-state index contributed by atoms with van der Waals surface area (Å²) in [7, 11) is 0. The number of nitrogen functional groups attached to an aromatic ring is 1. The Morgan fingerprint density at radius 1 is 0.958 bits per heavy atom. The molecule has 0 bridgehead atoms. The number of rotatable bonds is 7. The number of hydrogen-bond acceptors (Lipinski definition) is 4. The molecule has 0 atom stereocenters. The normalized spacial score (nSPS) is 10.9. The Labute approximate surface area is 143 Å². The number of aryl methyl sites for hydroxylation is 1. The van der Waals surface area contributed by atoms with Gasteiger partial charge in [0.15, 0.2) is 0 Å². The lowest BCUT2D eigenvalue weighted by Crippen LogP contribution is -2.07. The molecule has 0 radical (unpaired) electrons. The van der Waals surface area contributed by atoms with Gasteiger partial charge in [0.1, 0.15) is 12.1 Å². The lowest BCUT2D eigenvalue weighted by atomic mass is 10.0. The number of nitrogens with zero attached hydrogens (tertiary/aromatic N) is 2. The van der Waals surface area contributed by atoms with Crippen molar-refractivity contribution in [3.63, 3.8) is 0 Å². The molecule has 0 aliphatic rings. The fourth-order valence-corrected chi connectivity index (χ4v) is 2.79.